The van der Waals surface area contributed by atoms with Crippen LogP contribution in [0.15, 0.2) is 0 Å². The number of hydrogen-bond donors (Lipinski definition) is 1. The minimum atomic E-state index is -0.745. The second kappa shape index (κ2) is 7.45. The Kier molecular flexibility index (Phi) is 6.47. The van der Waals surface area contributed by atoms with Crippen LogP contribution >= 0.6 is 12.4 Å². The molecule has 5 nitrogen and oxygen atoms in total. The highest BCUT2D eigenvalue weighted by Gasteiger charge is 2.36. The summed E-state index contributed by atoms with van der Waals surface area (Å²) in [7, 11) is 0. The minimum absolute atomic E-state index is 0. The predicted octanol–water partition coefficient (Wildman–Crippen LogP) is 1.54. The van der Waals surface area contributed by atoms with Crippen LogP contribution < -0.4 is 5.73 Å². The molecule has 2 N–H and O–H groups in total. The highest BCUT2D eigenvalue weighted by atomic mass is 35.5. The quantitative estimate of drug-likeness (QED) is 0.855. The topological polar surface area (TPSA) is 66.6 Å². The number of carbonyl (C=O) groups excluding carboxylic acids is 2. The van der Waals surface area contributed by atoms with E-state index in [2.05, 4.69) is 0 Å². The van der Waals surface area contributed by atoms with Crippen LogP contribution in [-0.2, 0) is 9.59 Å². The highest BCUT2D eigenvalue weighted by Crippen LogP contribution is 2.24. The molecule has 0 aromatic heterocycles. The van der Waals surface area contributed by atoms with Crippen LogP contribution in [0.5, 0.6) is 0 Å². The van der Waals surface area contributed by atoms with Crippen LogP contribution in [0.3, 0.4) is 0 Å². The number of likely N-dealkylation sites (tertiary alicyclic amines) is 2. The summed E-state index contributed by atoms with van der Waals surface area (Å²) in [6.45, 7) is 6.22. The molecule has 0 saturated carbocycles. The van der Waals surface area contributed by atoms with Gasteiger partial charge in [0.2, 0.25) is 11.8 Å². The van der Waals surface area contributed by atoms with Crippen molar-refractivity contribution in [2.45, 2.75) is 64.0 Å². The maximum atomic E-state index is 12.4. The molecule has 2 aliphatic rings. The molecule has 0 aliphatic carbocycles. The van der Waals surface area contributed by atoms with Gasteiger partial charge < -0.3 is 15.5 Å². The number of nitrogens with zero attached hydrogens (tertiary/aromatic N) is 2. The third-order valence-corrected chi connectivity index (χ3v) is 4.56. The molecule has 2 fully saturated rings. The molecule has 2 saturated heterocycles. The minimum Gasteiger partial charge on any atom is -0.341 e. The average Bonchev–Trinajstić information content (AvgIpc) is 2.84. The van der Waals surface area contributed by atoms with Crippen LogP contribution in [0.2, 0.25) is 0 Å². The van der Waals surface area contributed by atoms with Gasteiger partial charge in [-0.1, -0.05) is 13.3 Å². The van der Waals surface area contributed by atoms with Gasteiger partial charge in [-0.3, -0.25) is 9.59 Å². The van der Waals surface area contributed by atoms with Gasteiger partial charge in [0, 0.05) is 32.1 Å². The van der Waals surface area contributed by atoms with Crippen molar-refractivity contribution in [1.82, 2.24) is 9.80 Å². The number of amides is 2. The van der Waals surface area contributed by atoms with Crippen molar-refractivity contribution in [1.29, 1.82) is 0 Å². The summed E-state index contributed by atoms with van der Waals surface area (Å²) < 4.78 is 0. The Morgan fingerprint density at radius 2 is 1.95 bits per heavy atom. The first-order valence-corrected chi connectivity index (χ1v) is 7.83. The third kappa shape index (κ3) is 4.10. The Hall–Kier alpha value is -0.810. The maximum Gasteiger partial charge on any atom is 0.242 e. The van der Waals surface area contributed by atoms with E-state index < -0.39 is 5.54 Å². The van der Waals surface area contributed by atoms with E-state index >= 15 is 0 Å². The van der Waals surface area contributed by atoms with Crippen molar-refractivity contribution in [2.75, 3.05) is 19.6 Å². The number of hydrogen-bond acceptors (Lipinski definition) is 3. The first-order valence-electron chi connectivity index (χ1n) is 7.83. The van der Waals surface area contributed by atoms with Gasteiger partial charge in [0.15, 0.2) is 0 Å². The SMILES string of the molecule is CCCC(C)(N)C(=O)N1CCC(N2CCCC2=O)CC1.Cl. The van der Waals surface area contributed by atoms with E-state index in [1.807, 2.05) is 23.6 Å². The lowest BCUT2D eigenvalue weighted by atomic mass is 9.93. The molecule has 21 heavy (non-hydrogen) atoms. The van der Waals surface area contributed by atoms with Crippen molar-refractivity contribution in [2.24, 2.45) is 5.73 Å². The zero-order chi connectivity index (χ0) is 14.8. The van der Waals surface area contributed by atoms with Gasteiger partial charge >= 0.3 is 0 Å². The number of carbonyl (C=O) groups is 2. The van der Waals surface area contributed by atoms with E-state index in [1.54, 1.807) is 0 Å². The summed E-state index contributed by atoms with van der Waals surface area (Å²) in [6, 6.07) is 0.323. The molecular weight excluding hydrogens is 290 g/mol. The second-order valence-electron chi connectivity index (χ2n) is 6.38. The molecule has 2 rings (SSSR count). The monoisotopic (exact) mass is 317 g/mol. The first kappa shape index (κ1) is 18.2. The molecule has 1 atom stereocenters. The molecule has 0 aromatic rings. The van der Waals surface area contributed by atoms with Gasteiger partial charge in [-0.2, -0.15) is 0 Å². The fourth-order valence-electron chi connectivity index (χ4n) is 3.42. The van der Waals surface area contributed by atoms with E-state index in [9.17, 15) is 9.59 Å². The van der Waals surface area contributed by atoms with Crippen molar-refractivity contribution in [3.8, 4) is 0 Å². The van der Waals surface area contributed by atoms with Crippen molar-refractivity contribution in [3.05, 3.63) is 0 Å². The van der Waals surface area contributed by atoms with E-state index in [1.165, 1.54) is 0 Å². The largest absolute Gasteiger partial charge is 0.341 e. The Bertz CT molecular complexity index is 379. The number of piperidine rings is 1. The molecule has 0 radical (unpaired) electrons. The number of halogens is 1. The fourth-order valence-corrected chi connectivity index (χ4v) is 3.42. The predicted molar refractivity (Wildman–Crippen MR) is 85.3 cm³/mol. The van der Waals surface area contributed by atoms with Gasteiger partial charge in [-0.25, -0.2) is 0 Å². The van der Waals surface area contributed by atoms with E-state index in [-0.39, 0.29) is 24.2 Å². The first-order chi connectivity index (χ1) is 9.45. The zero-order valence-electron chi connectivity index (χ0n) is 13.1. The lowest BCUT2D eigenvalue weighted by molar-refractivity contribution is -0.139. The molecule has 0 bridgehead atoms. The summed E-state index contributed by atoms with van der Waals surface area (Å²) in [5, 5.41) is 0. The van der Waals surface area contributed by atoms with Crippen molar-refractivity contribution < 1.29 is 9.59 Å². The van der Waals surface area contributed by atoms with Crippen LogP contribution in [0, 0.1) is 0 Å². The fraction of sp³-hybridized carbons (Fsp3) is 0.867. The van der Waals surface area contributed by atoms with Crippen molar-refractivity contribution in [3.63, 3.8) is 0 Å². The Labute approximate surface area is 133 Å². The summed E-state index contributed by atoms with van der Waals surface area (Å²) in [6.07, 6.45) is 5.08. The van der Waals surface area contributed by atoms with Gasteiger partial charge in [0.1, 0.15) is 0 Å². The van der Waals surface area contributed by atoms with Gasteiger partial charge in [0.25, 0.3) is 0 Å². The lowest BCUT2D eigenvalue weighted by Crippen LogP contribution is -2.56. The van der Waals surface area contributed by atoms with Crippen molar-refractivity contribution >= 4 is 24.2 Å². The molecular formula is C15H28ClN3O2. The number of nitrogens with two attached hydrogens (primary N) is 1. The molecule has 2 heterocycles. The smallest absolute Gasteiger partial charge is 0.242 e. The zero-order valence-corrected chi connectivity index (χ0v) is 14.0. The van der Waals surface area contributed by atoms with Crippen LogP contribution in [0.4, 0.5) is 0 Å². The highest BCUT2D eigenvalue weighted by molar-refractivity contribution is 5.86. The summed E-state index contributed by atoms with van der Waals surface area (Å²) >= 11 is 0. The third-order valence-electron chi connectivity index (χ3n) is 4.56. The summed E-state index contributed by atoms with van der Waals surface area (Å²) in [5.74, 6) is 0.343. The normalized spacial score (nSPS) is 22.9. The summed E-state index contributed by atoms with van der Waals surface area (Å²) in [4.78, 5) is 28.1. The molecule has 2 aliphatic heterocycles. The standard InChI is InChI=1S/C15H27N3O2.ClH/c1-3-8-15(2,16)14(20)17-10-6-12(7-11-17)18-9-4-5-13(18)19;/h12H,3-11,16H2,1-2H3;1H. The molecule has 122 valence electrons. The molecule has 0 aromatic carbocycles. The van der Waals surface area contributed by atoms with Crippen LogP contribution in [0.1, 0.15) is 52.4 Å². The number of rotatable bonds is 4. The summed E-state index contributed by atoms with van der Waals surface area (Å²) in [5.41, 5.74) is 5.38. The Morgan fingerprint density at radius 3 is 2.43 bits per heavy atom. The Balaban J connectivity index is 0.00000220. The van der Waals surface area contributed by atoms with E-state index in [0.29, 0.717) is 12.5 Å². The molecule has 6 heteroatoms. The van der Waals surface area contributed by atoms with Gasteiger partial charge in [0.05, 0.1) is 5.54 Å². The average molecular weight is 318 g/mol. The molecule has 1 unspecified atom stereocenters. The van der Waals surface area contributed by atoms with Crippen LogP contribution in [-0.4, -0.2) is 52.8 Å². The lowest BCUT2D eigenvalue weighted by Gasteiger charge is -2.39. The second-order valence-corrected chi connectivity index (χ2v) is 6.38. The molecule has 0 spiro atoms. The maximum absolute atomic E-state index is 12.4. The van der Waals surface area contributed by atoms with E-state index in [4.69, 9.17) is 5.73 Å². The van der Waals surface area contributed by atoms with Crippen LogP contribution in [0.25, 0.3) is 0 Å². The van der Waals surface area contributed by atoms with Gasteiger partial charge in [-0.15, -0.1) is 12.4 Å². The molecule has 2 amide bonds. The van der Waals surface area contributed by atoms with E-state index in [0.717, 1.165) is 51.7 Å². The van der Waals surface area contributed by atoms with Gasteiger partial charge in [-0.05, 0) is 32.6 Å². The Morgan fingerprint density at radius 1 is 1.33 bits per heavy atom.